The van der Waals surface area contributed by atoms with E-state index in [-0.39, 0.29) is 0 Å². The molecule has 0 spiro atoms. The van der Waals surface area contributed by atoms with Crippen LogP contribution in [0.15, 0.2) is 11.1 Å². The van der Waals surface area contributed by atoms with Crippen LogP contribution in [0.5, 0.6) is 0 Å². The SMILES string of the molecule is CC1=C(C)CC(C#C[Si](C)(C)C)SC1. The molecule has 2 heteroatoms. The van der Waals surface area contributed by atoms with E-state index < -0.39 is 8.07 Å². The van der Waals surface area contributed by atoms with Crippen LogP contribution in [0.25, 0.3) is 0 Å². The van der Waals surface area contributed by atoms with Crippen molar-refractivity contribution in [3.05, 3.63) is 11.1 Å². The number of rotatable bonds is 0. The van der Waals surface area contributed by atoms with Crippen LogP contribution in [-0.2, 0) is 0 Å². The van der Waals surface area contributed by atoms with Crippen molar-refractivity contribution < 1.29 is 0 Å². The van der Waals surface area contributed by atoms with Gasteiger partial charge >= 0.3 is 0 Å². The molecule has 1 rings (SSSR count). The average molecular weight is 224 g/mol. The minimum atomic E-state index is -1.17. The molecular weight excluding hydrogens is 204 g/mol. The zero-order chi connectivity index (χ0) is 10.8. The Morgan fingerprint density at radius 1 is 1.21 bits per heavy atom. The highest BCUT2D eigenvalue weighted by molar-refractivity contribution is 8.00. The summed E-state index contributed by atoms with van der Waals surface area (Å²) in [4.78, 5) is 0. The molecule has 0 N–H and O–H groups in total. The van der Waals surface area contributed by atoms with Gasteiger partial charge in [-0.25, -0.2) is 0 Å². The standard InChI is InChI=1S/C12H20SSi/c1-10-8-12(13-9-11(10)2)6-7-14(3,4)5/h12H,8-9H2,1-5H3. The van der Waals surface area contributed by atoms with Crippen LogP contribution in [0.2, 0.25) is 19.6 Å². The topological polar surface area (TPSA) is 0 Å². The van der Waals surface area contributed by atoms with E-state index in [0.717, 1.165) is 0 Å². The van der Waals surface area contributed by atoms with Crippen LogP contribution in [0.4, 0.5) is 0 Å². The van der Waals surface area contributed by atoms with Gasteiger partial charge < -0.3 is 0 Å². The van der Waals surface area contributed by atoms with Crippen molar-refractivity contribution >= 4 is 19.8 Å². The molecule has 0 aliphatic carbocycles. The Hall–Kier alpha value is -0.133. The first-order valence-corrected chi connectivity index (χ1v) is 9.73. The van der Waals surface area contributed by atoms with Gasteiger partial charge in [-0.2, -0.15) is 0 Å². The average Bonchev–Trinajstić information content (AvgIpc) is 2.06. The predicted molar refractivity (Wildman–Crippen MR) is 70.4 cm³/mol. The van der Waals surface area contributed by atoms with Crippen molar-refractivity contribution in [2.45, 2.75) is 45.2 Å². The Morgan fingerprint density at radius 2 is 1.86 bits per heavy atom. The molecule has 1 heterocycles. The van der Waals surface area contributed by atoms with E-state index in [1.165, 1.54) is 12.2 Å². The molecule has 1 atom stereocenters. The first-order chi connectivity index (χ1) is 6.38. The Balaban J connectivity index is 2.62. The van der Waals surface area contributed by atoms with E-state index in [2.05, 4.69) is 45.0 Å². The van der Waals surface area contributed by atoms with Crippen molar-refractivity contribution in [2.75, 3.05) is 5.75 Å². The molecule has 78 valence electrons. The molecule has 0 aromatic heterocycles. The van der Waals surface area contributed by atoms with Gasteiger partial charge in [0.25, 0.3) is 0 Å². The zero-order valence-corrected chi connectivity index (χ0v) is 11.7. The second-order valence-electron chi connectivity index (χ2n) is 5.08. The number of thioether (sulfide) groups is 1. The Kier molecular flexibility index (Phi) is 3.91. The van der Waals surface area contributed by atoms with Crippen molar-refractivity contribution in [3.8, 4) is 11.5 Å². The van der Waals surface area contributed by atoms with Gasteiger partial charge in [-0.15, -0.1) is 17.3 Å². The first kappa shape index (κ1) is 11.9. The summed E-state index contributed by atoms with van der Waals surface area (Å²) in [6.07, 6.45) is 1.17. The van der Waals surface area contributed by atoms with Crippen molar-refractivity contribution in [2.24, 2.45) is 0 Å². The lowest BCUT2D eigenvalue weighted by Gasteiger charge is -2.20. The Bertz CT molecular complexity index is 299. The van der Waals surface area contributed by atoms with Crippen molar-refractivity contribution in [3.63, 3.8) is 0 Å². The first-order valence-electron chi connectivity index (χ1n) is 5.18. The minimum absolute atomic E-state index is 0.561. The molecule has 0 radical (unpaired) electrons. The highest BCUT2D eigenvalue weighted by Crippen LogP contribution is 2.29. The maximum atomic E-state index is 3.47. The Morgan fingerprint density at radius 3 is 2.36 bits per heavy atom. The monoisotopic (exact) mass is 224 g/mol. The second kappa shape index (κ2) is 4.59. The van der Waals surface area contributed by atoms with E-state index in [4.69, 9.17) is 0 Å². The van der Waals surface area contributed by atoms with Crippen LogP contribution in [0.1, 0.15) is 20.3 Å². The van der Waals surface area contributed by atoms with E-state index in [0.29, 0.717) is 5.25 Å². The summed E-state index contributed by atoms with van der Waals surface area (Å²) in [6, 6.07) is 0. The molecule has 0 nitrogen and oxygen atoms in total. The summed E-state index contributed by atoms with van der Waals surface area (Å²) in [6.45, 7) is 11.4. The summed E-state index contributed by atoms with van der Waals surface area (Å²) in [7, 11) is -1.17. The van der Waals surface area contributed by atoms with Crippen LogP contribution >= 0.6 is 11.8 Å². The van der Waals surface area contributed by atoms with Crippen molar-refractivity contribution in [1.29, 1.82) is 0 Å². The summed E-state index contributed by atoms with van der Waals surface area (Å²) >= 11 is 2.01. The van der Waals surface area contributed by atoms with Gasteiger partial charge in [-0.1, -0.05) is 36.7 Å². The Labute approximate surface area is 93.6 Å². The van der Waals surface area contributed by atoms with E-state index in [1.807, 2.05) is 11.8 Å². The molecule has 0 saturated carbocycles. The fourth-order valence-electron chi connectivity index (χ4n) is 1.25. The van der Waals surface area contributed by atoms with Gasteiger partial charge in [0.1, 0.15) is 8.07 Å². The molecule has 1 aliphatic rings. The summed E-state index contributed by atoms with van der Waals surface area (Å²) in [5, 5.41) is 0.561. The number of allylic oxidation sites excluding steroid dienone is 1. The van der Waals surface area contributed by atoms with Crippen LogP contribution in [0.3, 0.4) is 0 Å². The summed E-state index contributed by atoms with van der Waals surface area (Å²) < 4.78 is 0. The lowest BCUT2D eigenvalue weighted by atomic mass is 10.1. The second-order valence-corrected chi connectivity index (χ2v) is 11.0. The van der Waals surface area contributed by atoms with E-state index in [9.17, 15) is 0 Å². The maximum Gasteiger partial charge on any atom is 0.129 e. The number of hydrogen-bond donors (Lipinski definition) is 0. The highest BCUT2D eigenvalue weighted by atomic mass is 32.2. The van der Waals surface area contributed by atoms with Crippen molar-refractivity contribution in [1.82, 2.24) is 0 Å². The maximum absolute atomic E-state index is 3.47. The molecule has 0 bridgehead atoms. The molecule has 0 saturated heterocycles. The quantitative estimate of drug-likeness (QED) is 0.343. The van der Waals surface area contributed by atoms with Gasteiger partial charge in [-0.05, 0) is 20.3 Å². The fourth-order valence-corrected chi connectivity index (χ4v) is 3.17. The van der Waals surface area contributed by atoms with Crippen LogP contribution in [-0.4, -0.2) is 19.1 Å². The molecule has 0 amide bonds. The smallest absolute Gasteiger partial charge is 0.129 e. The van der Waals surface area contributed by atoms with Crippen LogP contribution < -0.4 is 0 Å². The minimum Gasteiger partial charge on any atom is -0.141 e. The highest BCUT2D eigenvalue weighted by Gasteiger charge is 2.15. The van der Waals surface area contributed by atoms with Crippen LogP contribution in [0, 0.1) is 11.5 Å². The molecule has 0 aromatic rings. The normalized spacial score (nSPS) is 23.1. The fraction of sp³-hybridized carbons (Fsp3) is 0.667. The molecule has 0 fully saturated rings. The van der Waals surface area contributed by atoms with E-state index in [1.54, 1.807) is 11.1 Å². The third-order valence-electron chi connectivity index (χ3n) is 2.33. The van der Waals surface area contributed by atoms with Gasteiger partial charge in [-0.3, -0.25) is 0 Å². The largest absolute Gasteiger partial charge is 0.141 e. The summed E-state index contributed by atoms with van der Waals surface area (Å²) in [5.41, 5.74) is 6.58. The molecule has 14 heavy (non-hydrogen) atoms. The van der Waals surface area contributed by atoms with Gasteiger partial charge in [0.05, 0.1) is 5.25 Å². The molecular formula is C12H20SSi. The predicted octanol–water partition coefficient (Wildman–Crippen LogP) is 3.71. The summed E-state index contributed by atoms with van der Waals surface area (Å²) in [5.74, 6) is 4.63. The van der Waals surface area contributed by atoms with Gasteiger partial charge in [0, 0.05) is 5.75 Å². The van der Waals surface area contributed by atoms with Gasteiger partial charge in [0.2, 0.25) is 0 Å². The van der Waals surface area contributed by atoms with E-state index >= 15 is 0 Å². The number of hydrogen-bond acceptors (Lipinski definition) is 1. The molecule has 1 unspecified atom stereocenters. The zero-order valence-electron chi connectivity index (χ0n) is 9.90. The lowest BCUT2D eigenvalue weighted by Crippen LogP contribution is -2.18. The van der Waals surface area contributed by atoms with Gasteiger partial charge in [0.15, 0.2) is 0 Å². The lowest BCUT2D eigenvalue weighted by molar-refractivity contribution is 0.970. The third kappa shape index (κ3) is 3.94. The molecule has 0 aromatic carbocycles. The molecule has 1 aliphatic heterocycles. The third-order valence-corrected chi connectivity index (χ3v) is 4.51.